The number of nitrogens with zero attached hydrogens (tertiary/aromatic N) is 2. The fourth-order valence-corrected chi connectivity index (χ4v) is 3.56. The maximum atomic E-state index is 12.9. The van der Waals surface area contributed by atoms with Crippen LogP contribution in [-0.2, 0) is 9.59 Å². The number of nitrogens with two attached hydrogens (primary N) is 1. The van der Waals surface area contributed by atoms with Crippen LogP contribution in [0.15, 0.2) is 24.3 Å². The summed E-state index contributed by atoms with van der Waals surface area (Å²) in [4.78, 5) is 28.5. The van der Waals surface area contributed by atoms with E-state index in [4.69, 9.17) is 5.73 Å². The first kappa shape index (κ1) is 23.6. The van der Waals surface area contributed by atoms with Crippen molar-refractivity contribution < 1.29 is 14.0 Å². The van der Waals surface area contributed by atoms with E-state index in [2.05, 4.69) is 5.32 Å². The Morgan fingerprint density at radius 2 is 1.70 bits per heavy atom. The number of hydrogen-bond donors (Lipinski definition) is 2. The zero-order valence-corrected chi connectivity index (χ0v) is 16.7. The predicted octanol–water partition coefficient (Wildman–Crippen LogP) is 1.88. The second kappa shape index (κ2) is 10.8. The Morgan fingerprint density at radius 1 is 1.07 bits per heavy atom. The van der Waals surface area contributed by atoms with Gasteiger partial charge in [0, 0.05) is 43.8 Å². The third-order valence-electron chi connectivity index (χ3n) is 5.00. The normalized spacial score (nSPS) is 22.5. The summed E-state index contributed by atoms with van der Waals surface area (Å²) in [5, 5.41) is 2.76. The number of benzene rings is 1. The molecule has 3 rings (SSSR count). The molecule has 1 aliphatic heterocycles. The van der Waals surface area contributed by atoms with Crippen molar-refractivity contribution in [2.75, 3.05) is 38.0 Å². The molecule has 152 valence electrons. The van der Waals surface area contributed by atoms with Crippen LogP contribution < -0.4 is 11.1 Å². The Morgan fingerprint density at radius 3 is 2.26 bits per heavy atom. The lowest BCUT2D eigenvalue weighted by Crippen LogP contribution is -2.51. The first-order chi connectivity index (χ1) is 12.0. The van der Waals surface area contributed by atoms with Gasteiger partial charge in [0.2, 0.25) is 11.8 Å². The largest absolute Gasteiger partial charge is 0.340 e. The van der Waals surface area contributed by atoms with Gasteiger partial charge in [-0.25, -0.2) is 4.39 Å². The van der Waals surface area contributed by atoms with E-state index in [1.807, 2.05) is 9.80 Å². The van der Waals surface area contributed by atoms with Crippen molar-refractivity contribution in [2.24, 2.45) is 11.7 Å². The van der Waals surface area contributed by atoms with Gasteiger partial charge in [-0.3, -0.25) is 14.5 Å². The van der Waals surface area contributed by atoms with E-state index in [0.717, 1.165) is 19.3 Å². The van der Waals surface area contributed by atoms with Gasteiger partial charge in [-0.2, -0.15) is 0 Å². The standard InChI is InChI=1S/C18H25FN4O2.2ClH/c19-14-2-5-16(6-3-14)21-17(24)12-22-7-9-23(10-8-22)18(25)13-1-4-15(20)11-13;;/h2-3,5-6,13,15H,1,4,7-12,20H2,(H,21,24);2*1H. The molecule has 2 unspecified atom stereocenters. The molecule has 27 heavy (non-hydrogen) atoms. The van der Waals surface area contributed by atoms with E-state index in [1.54, 1.807) is 0 Å². The molecular weight excluding hydrogens is 394 g/mol. The van der Waals surface area contributed by atoms with Gasteiger partial charge >= 0.3 is 0 Å². The molecule has 0 bridgehead atoms. The average molecular weight is 421 g/mol. The lowest BCUT2D eigenvalue weighted by atomic mass is 10.1. The monoisotopic (exact) mass is 420 g/mol. The summed E-state index contributed by atoms with van der Waals surface area (Å²) in [6.07, 6.45) is 2.61. The molecule has 3 N–H and O–H groups in total. The van der Waals surface area contributed by atoms with Gasteiger partial charge in [0.15, 0.2) is 0 Å². The van der Waals surface area contributed by atoms with Gasteiger partial charge in [0.25, 0.3) is 0 Å². The second-order valence-electron chi connectivity index (χ2n) is 6.93. The van der Waals surface area contributed by atoms with Crippen LogP contribution in [0.25, 0.3) is 0 Å². The minimum absolute atomic E-state index is 0. The molecule has 0 spiro atoms. The summed E-state index contributed by atoms with van der Waals surface area (Å²) in [5.74, 6) is -0.179. The highest BCUT2D eigenvalue weighted by Crippen LogP contribution is 2.26. The summed E-state index contributed by atoms with van der Waals surface area (Å²) >= 11 is 0. The van der Waals surface area contributed by atoms with E-state index >= 15 is 0 Å². The third-order valence-corrected chi connectivity index (χ3v) is 5.00. The fraction of sp³-hybridized carbons (Fsp3) is 0.556. The number of piperazine rings is 1. The first-order valence-corrected chi connectivity index (χ1v) is 8.83. The maximum absolute atomic E-state index is 12.9. The molecule has 9 heteroatoms. The lowest BCUT2D eigenvalue weighted by molar-refractivity contribution is -0.137. The van der Waals surface area contributed by atoms with E-state index in [0.29, 0.717) is 31.9 Å². The van der Waals surface area contributed by atoms with Crippen LogP contribution >= 0.6 is 24.8 Å². The van der Waals surface area contributed by atoms with Crippen LogP contribution in [0.4, 0.5) is 10.1 Å². The number of rotatable bonds is 4. The van der Waals surface area contributed by atoms with Crippen LogP contribution in [0.1, 0.15) is 19.3 Å². The Labute approximate surface area is 171 Å². The Hall–Kier alpha value is -1.41. The lowest BCUT2D eigenvalue weighted by Gasteiger charge is -2.35. The van der Waals surface area contributed by atoms with Gasteiger partial charge in [-0.1, -0.05) is 0 Å². The first-order valence-electron chi connectivity index (χ1n) is 8.83. The quantitative estimate of drug-likeness (QED) is 0.779. The minimum Gasteiger partial charge on any atom is -0.340 e. The Bertz CT molecular complexity index is 624. The molecule has 0 radical (unpaired) electrons. The van der Waals surface area contributed by atoms with Crippen LogP contribution in [0.2, 0.25) is 0 Å². The van der Waals surface area contributed by atoms with Gasteiger partial charge in [0.1, 0.15) is 5.82 Å². The molecule has 2 aliphatic rings. The zero-order valence-electron chi connectivity index (χ0n) is 15.1. The molecule has 2 amide bonds. The molecule has 6 nitrogen and oxygen atoms in total. The molecule has 1 aromatic rings. The second-order valence-corrected chi connectivity index (χ2v) is 6.93. The number of nitrogens with one attached hydrogen (secondary N) is 1. The van der Waals surface area contributed by atoms with Gasteiger partial charge < -0.3 is 16.0 Å². The third kappa shape index (κ3) is 6.60. The Kier molecular flexibility index (Phi) is 9.45. The van der Waals surface area contributed by atoms with Gasteiger partial charge in [-0.05, 0) is 43.5 Å². The maximum Gasteiger partial charge on any atom is 0.238 e. The highest BCUT2D eigenvalue weighted by Gasteiger charge is 2.32. The Balaban J connectivity index is 0.00000182. The summed E-state index contributed by atoms with van der Waals surface area (Å²) in [5.41, 5.74) is 6.48. The summed E-state index contributed by atoms with van der Waals surface area (Å²) < 4.78 is 12.9. The van der Waals surface area contributed by atoms with Crippen LogP contribution in [-0.4, -0.2) is 60.4 Å². The number of halogens is 3. The molecule has 1 saturated carbocycles. The van der Waals surface area contributed by atoms with Crippen molar-refractivity contribution in [3.63, 3.8) is 0 Å². The predicted molar refractivity (Wildman–Crippen MR) is 108 cm³/mol. The van der Waals surface area contributed by atoms with Crippen molar-refractivity contribution in [2.45, 2.75) is 25.3 Å². The van der Waals surface area contributed by atoms with Crippen molar-refractivity contribution >= 4 is 42.3 Å². The zero-order chi connectivity index (χ0) is 17.8. The summed E-state index contributed by atoms with van der Waals surface area (Å²) in [7, 11) is 0. The smallest absolute Gasteiger partial charge is 0.238 e. The van der Waals surface area contributed by atoms with Crippen molar-refractivity contribution in [3.8, 4) is 0 Å². The average Bonchev–Trinajstić information content (AvgIpc) is 3.03. The minimum atomic E-state index is -0.331. The SMILES string of the molecule is Cl.Cl.NC1CCC(C(=O)N2CCN(CC(=O)Nc3ccc(F)cc3)CC2)C1. The van der Waals surface area contributed by atoms with Crippen LogP contribution in [0.5, 0.6) is 0 Å². The van der Waals surface area contributed by atoms with E-state index in [1.165, 1.54) is 24.3 Å². The van der Waals surface area contributed by atoms with Crippen molar-refractivity contribution in [1.29, 1.82) is 0 Å². The van der Waals surface area contributed by atoms with Crippen LogP contribution in [0.3, 0.4) is 0 Å². The molecule has 1 saturated heterocycles. The highest BCUT2D eigenvalue weighted by molar-refractivity contribution is 5.92. The molecule has 2 atom stereocenters. The molecular formula is C18H27Cl2FN4O2. The van der Waals surface area contributed by atoms with E-state index in [9.17, 15) is 14.0 Å². The number of carbonyl (C=O) groups is 2. The number of amides is 2. The summed E-state index contributed by atoms with van der Waals surface area (Å²) in [6, 6.07) is 5.86. The van der Waals surface area contributed by atoms with Gasteiger partial charge in [-0.15, -0.1) is 24.8 Å². The van der Waals surface area contributed by atoms with Crippen LogP contribution in [0, 0.1) is 11.7 Å². The van der Waals surface area contributed by atoms with Gasteiger partial charge in [0.05, 0.1) is 6.54 Å². The number of anilines is 1. The van der Waals surface area contributed by atoms with E-state index < -0.39 is 0 Å². The highest BCUT2D eigenvalue weighted by atomic mass is 35.5. The molecule has 1 aliphatic carbocycles. The fourth-order valence-electron chi connectivity index (χ4n) is 3.56. The molecule has 1 heterocycles. The van der Waals surface area contributed by atoms with Crippen molar-refractivity contribution in [3.05, 3.63) is 30.1 Å². The molecule has 1 aromatic carbocycles. The summed E-state index contributed by atoms with van der Waals surface area (Å²) in [6.45, 7) is 2.93. The number of hydrogen-bond acceptors (Lipinski definition) is 4. The molecule has 2 fully saturated rings. The topological polar surface area (TPSA) is 78.7 Å². The van der Waals surface area contributed by atoms with Crippen molar-refractivity contribution in [1.82, 2.24) is 9.80 Å². The van der Waals surface area contributed by atoms with E-state index in [-0.39, 0.29) is 61.0 Å². The molecule has 0 aromatic heterocycles. The number of carbonyl (C=O) groups excluding carboxylic acids is 2.